The summed E-state index contributed by atoms with van der Waals surface area (Å²) in [5.74, 6) is 6.49. The van der Waals surface area contributed by atoms with Crippen molar-refractivity contribution in [2.24, 2.45) is 10.8 Å². The summed E-state index contributed by atoms with van der Waals surface area (Å²) < 4.78 is 5.71. The molecule has 18 heavy (non-hydrogen) atoms. The quantitative estimate of drug-likeness (QED) is 0.344. The Hall–Kier alpha value is -0.810. The molecule has 5 heteroatoms. The molecule has 2 aliphatic rings. The van der Waals surface area contributed by atoms with Gasteiger partial charge in [0.15, 0.2) is 0 Å². The first kappa shape index (κ1) is 13.6. The summed E-state index contributed by atoms with van der Waals surface area (Å²) in [4.78, 5) is 7.00. The first-order valence-electron chi connectivity index (χ1n) is 7.24. The lowest BCUT2D eigenvalue weighted by Crippen LogP contribution is -2.51. The second kappa shape index (κ2) is 6.95. The van der Waals surface area contributed by atoms with Crippen molar-refractivity contribution in [2.75, 3.05) is 19.7 Å². The molecule has 0 radical (unpaired) electrons. The van der Waals surface area contributed by atoms with Gasteiger partial charge in [-0.05, 0) is 32.6 Å². The lowest BCUT2D eigenvalue weighted by Gasteiger charge is -2.34. The number of hydrogen-bond acceptors (Lipinski definition) is 3. The summed E-state index contributed by atoms with van der Waals surface area (Å²) in [5.41, 5.74) is 2.78. The number of rotatable bonds is 3. The third-order valence-electron chi connectivity index (χ3n) is 3.84. The number of nitrogens with two attached hydrogens (primary N) is 1. The maximum atomic E-state index is 5.71. The van der Waals surface area contributed by atoms with Crippen LogP contribution < -0.4 is 11.3 Å². The SMILES string of the molecule is CCOC1CCCN(C(=NC2CCCC2)NN)C1. The van der Waals surface area contributed by atoms with Crippen LogP contribution in [-0.4, -0.2) is 42.7 Å². The molecule has 2 rings (SSSR count). The van der Waals surface area contributed by atoms with Crippen molar-refractivity contribution < 1.29 is 4.74 Å². The summed E-state index contributed by atoms with van der Waals surface area (Å²) in [6, 6.07) is 0.462. The van der Waals surface area contributed by atoms with Crippen LogP contribution in [0.25, 0.3) is 0 Å². The zero-order valence-electron chi connectivity index (χ0n) is 11.4. The third kappa shape index (κ3) is 3.59. The Morgan fingerprint density at radius 1 is 1.33 bits per heavy atom. The van der Waals surface area contributed by atoms with E-state index in [1.54, 1.807) is 0 Å². The van der Waals surface area contributed by atoms with Gasteiger partial charge in [0.25, 0.3) is 0 Å². The van der Waals surface area contributed by atoms with E-state index in [0.717, 1.165) is 38.5 Å². The second-order valence-electron chi connectivity index (χ2n) is 5.20. The molecule has 0 aromatic carbocycles. The lowest BCUT2D eigenvalue weighted by molar-refractivity contribution is 0.0227. The monoisotopic (exact) mass is 254 g/mol. The average Bonchev–Trinajstić information content (AvgIpc) is 2.89. The van der Waals surface area contributed by atoms with E-state index in [2.05, 4.69) is 10.3 Å². The van der Waals surface area contributed by atoms with E-state index in [1.807, 2.05) is 6.92 Å². The minimum Gasteiger partial charge on any atom is -0.377 e. The van der Waals surface area contributed by atoms with Crippen molar-refractivity contribution >= 4 is 5.96 Å². The number of guanidine groups is 1. The summed E-state index contributed by atoms with van der Waals surface area (Å²) in [6.07, 6.45) is 7.62. The summed E-state index contributed by atoms with van der Waals surface area (Å²) in [5, 5.41) is 0. The number of aliphatic imine (C=N–C) groups is 1. The van der Waals surface area contributed by atoms with Gasteiger partial charge in [-0.15, -0.1) is 0 Å². The fraction of sp³-hybridized carbons (Fsp3) is 0.923. The van der Waals surface area contributed by atoms with Gasteiger partial charge in [0.05, 0.1) is 12.1 Å². The Kier molecular flexibility index (Phi) is 5.26. The van der Waals surface area contributed by atoms with Crippen LogP contribution in [0.2, 0.25) is 0 Å². The number of nitrogens with zero attached hydrogens (tertiary/aromatic N) is 2. The highest BCUT2D eigenvalue weighted by Gasteiger charge is 2.23. The molecule has 0 aromatic rings. The van der Waals surface area contributed by atoms with Crippen LogP contribution in [-0.2, 0) is 4.74 Å². The fourth-order valence-corrected chi connectivity index (χ4v) is 2.92. The molecule has 1 aliphatic heterocycles. The average molecular weight is 254 g/mol. The van der Waals surface area contributed by atoms with Crippen molar-refractivity contribution in [3.8, 4) is 0 Å². The van der Waals surface area contributed by atoms with Crippen molar-refractivity contribution in [1.82, 2.24) is 10.3 Å². The van der Waals surface area contributed by atoms with Crippen molar-refractivity contribution in [1.29, 1.82) is 0 Å². The van der Waals surface area contributed by atoms with Gasteiger partial charge in [0, 0.05) is 19.7 Å². The molecule has 1 saturated heterocycles. The largest absolute Gasteiger partial charge is 0.377 e. The van der Waals surface area contributed by atoms with Gasteiger partial charge in [0.2, 0.25) is 5.96 Å². The van der Waals surface area contributed by atoms with E-state index in [9.17, 15) is 0 Å². The summed E-state index contributed by atoms with van der Waals surface area (Å²) in [7, 11) is 0. The molecule has 2 fully saturated rings. The molecule has 0 amide bonds. The number of hydrazine groups is 1. The second-order valence-corrected chi connectivity index (χ2v) is 5.20. The van der Waals surface area contributed by atoms with Gasteiger partial charge in [-0.25, -0.2) is 10.8 Å². The predicted octanol–water partition coefficient (Wildman–Crippen LogP) is 1.25. The molecule has 104 valence electrons. The zero-order valence-corrected chi connectivity index (χ0v) is 11.4. The first-order valence-corrected chi connectivity index (χ1v) is 7.24. The number of hydrogen-bond donors (Lipinski definition) is 2. The highest BCUT2D eigenvalue weighted by Crippen LogP contribution is 2.21. The maximum Gasteiger partial charge on any atom is 0.208 e. The standard InChI is InChI=1S/C13H26N4O/c1-2-18-12-8-5-9-17(10-12)13(16-14)15-11-6-3-4-7-11/h11-12H,2-10,14H2,1H3,(H,15,16). The summed E-state index contributed by atoms with van der Waals surface area (Å²) in [6.45, 7) is 4.76. The van der Waals surface area contributed by atoms with Crippen LogP contribution in [0.3, 0.4) is 0 Å². The van der Waals surface area contributed by atoms with Gasteiger partial charge in [0.1, 0.15) is 0 Å². The van der Waals surface area contributed by atoms with Crippen LogP contribution in [0.15, 0.2) is 4.99 Å². The lowest BCUT2D eigenvalue weighted by atomic mass is 10.1. The zero-order chi connectivity index (χ0) is 12.8. The molecule has 0 aromatic heterocycles. The van der Waals surface area contributed by atoms with Crippen LogP contribution in [0.5, 0.6) is 0 Å². The molecular weight excluding hydrogens is 228 g/mol. The molecule has 0 bridgehead atoms. The molecule has 0 spiro atoms. The van der Waals surface area contributed by atoms with Gasteiger partial charge >= 0.3 is 0 Å². The maximum absolute atomic E-state index is 5.71. The molecule has 1 heterocycles. The van der Waals surface area contributed by atoms with Crippen LogP contribution in [0, 0.1) is 0 Å². The molecular formula is C13H26N4O. The van der Waals surface area contributed by atoms with Crippen LogP contribution in [0.1, 0.15) is 45.4 Å². The number of nitrogens with one attached hydrogen (secondary N) is 1. The molecule has 5 nitrogen and oxygen atoms in total. The normalized spacial score (nSPS) is 26.7. The van der Waals surface area contributed by atoms with Crippen molar-refractivity contribution in [2.45, 2.75) is 57.6 Å². The van der Waals surface area contributed by atoms with E-state index >= 15 is 0 Å². The van der Waals surface area contributed by atoms with Gasteiger partial charge < -0.3 is 9.64 Å². The number of piperidine rings is 1. The third-order valence-corrected chi connectivity index (χ3v) is 3.84. The van der Waals surface area contributed by atoms with Crippen molar-refractivity contribution in [3.63, 3.8) is 0 Å². The minimum absolute atomic E-state index is 0.325. The van der Waals surface area contributed by atoms with E-state index < -0.39 is 0 Å². The molecule has 3 N–H and O–H groups in total. The van der Waals surface area contributed by atoms with Crippen LogP contribution >= 0.6 is 0 Å². The smallest absolute Gasteiger partial charge is 0.208 e. The molecule has 1 atom stereocenters. The van der Waals surface area contributed by atoms with E-state index in [0.29, 0.717) is 12.1 Å². The van der Waals surface area contributed by atoms with Crippen LogP contribution in [0.4, 0.5) is 0 Å². The van der Waals surface area contributed by atoms with Gasteiger partial charge in [-0.1, -0.05) is 12.8 Å². The Morgan fingerprint density at radius 3 is 2.78 bits per heavy atom. The molecule has 1 saturated carbocycles. The first-order chi connectivity index (χ1) is 8.83. The number of likely N-dealkylation sites (tertiary alicyclic amines) is 1. The van der Waals surface area contributed by atoms with E-state index in [-0.39, 0.29) is 0 Å². The van der Waals surface area contributed by atoms with E-state index in [1.165, 1.54) is 25.7 Å². The summed E-state index contributed by atoms with van der Waals surface area (Å²) >= 11 is 0. The molecule has 1 aliphatic carbocycles. The predicted molar refractivity (Wildman–Crippen MR) is 73.2 cm³/mol. The number of ether oxygens (including phenoxy) is 1. The Bertz CT molecular complexity index is 274. The van der Waals surface area contributed by atoms with Crippen molar-refractivity contribution in [3.05, 3.63) is 0 Å². The Morgan fingerprint density at radius 2 is 2.11 bits per heavy atom. The minimum atomic E-state index is 0.325. The molecule has 1 unspecified atom stereocenters. The highest BCUT2D eigenvalue weighted by atomic mass is 16.5. The fourth-order valence-electron chi connectivity index (χ4n) is 2.92. The Labute approximate surface area is 110 Å². The highest BCUT2D eigenvalue weighted by molar-refractivity contribution is 5.79. The Balaban J connectivity index is 1.93. The van der Waals surface area contributed by atoms with E-state index in [4.69, 9.17) is 15.6 Å². The van der Waals surface area contributed by atoms with Gasteiger partial charge in [-0.2, -0.15) is 0 Å². The topological polar surface area (TPSA) is 62.9 Å². The van der Waals surface area contributed by atoms with Gasteiger partial charge in [-0.3, -0.25) is 5.43 Å².